The van der Waals surface area contributed by atoms with Crippen molar-refractivity contribution in [3.8, 4) is 11.6 Å². The molecule has 5 nitrogen and oxygen atoms in total. The third-order valence-corrected chi connectivity index (χ3v) is 4.77. The van der Waals surface area contributed by atoms with Gasteiger partial charge in [0.1, 0.15) is 17.9 Å². The van der Waals surface area contributed by atoms with Crippen LogP contribution < -0.4 is 4.74 Å². The Labute approximate surface area is 147 Å². The van der Waals surface area contributed by atoms with Crippen LogP contribution in [0, 0.1) is 0 Å². The van der Waals surface area contributed by atoms with Gasteiger partial charge < -0.3 is 4.74 Å². The van der Waals surface area contributed by atoms with Gasteiger partial charge in [0.25, 0.3) is 0 Å². The molecular formula is C20H22N4O. The molecule has 1 unspecified atom stereocenters. The van der Waals surface area contributed by atoms with Crippen LogP contribution in [0.3, 0.4) is 0 Å². The molecule has 1 aromatic carbocycles. The Morgan fingerprint density at radius 3 is 2.80 bits per heavy atom. The Balaban J connectivity index is 1.54. The first kappa shape index (κ1) is 15.8. The van der Waals surface area contributed by atoms with Gasteiger partial charge in [-0.1, -0.05) is 18.2 Å². The number of methoxy groups -OCH3 is 1. The lowest BCUT2D eigenvalue weighted by Gasteiger charge is -2.24. The van der Waals surface area contributed by atoms with E-state index in [0.717, 1.165) is 36.8 Å². The molecule has 2 aromatic heterocycles. The highest BCUT2D eigenvalue weighted by atomic mass is 16.5. The Morgan fingerprint density at radius 2 is 2.04 bits per heavy atom. The van der Waals surface area contributed by atoms with Gasteiger partial charge >= 0.3 is 0 Å². The summed E-state index contributed by atoms with van der Waals surface area (Å²) >= 11 is 0. The summed E-state index contributed by atoms with van der Waals surface area (Å²) < 4.78 is 7.20. The molecule has 128 valence electrons. The second-order valence-corrected chi connectivity index (χ2v) is 6.37. The van der Waals surface area contributed by atoms with E-state index in [4.69, 9.17) is 9.72 Å². The zero-order valence-corrected chi connectivity index (χ0v) is 14.4. The minimum absolute atomic E-state index is 0.366. The number of likely N-dealkylation sites (tertiary alicyclic amines) is 1. The average Bonchev–Trinajstić information content (AvgIpc) is 3.35. The van der Waals surface area contributed by atoms with Crippen molar-refractivity contribution >= 4 is 0 Å². The molecule has 0 bridgehead atoms. The lowest BCUT2D eigenvalue weighted by atomic mass is 10.1. The zero-order valence-electron chi connectivity index (χ0n) is 14.4. The standard InChI is InChI=1S/C20H22N4O/c1-25-17-9-7-16(8-10-17)14-23-12-3-5-19(23)18-4-2-6-20(22-18)24-13-11-21-15-24/h2,4,6-11,13,15,19H,3,5,12,14H2,1H3. The van der Waals surface area contributed by atoms with Crippen molar-refractivity contribution in [2.45, 2.75) is 25.4 Å². The third-order valence-electron chi connectivity index (χ3n) is 4.77. The molecule has 3 heterocycles. The van der Waals surface area contributed by atoms with Crippen LogP contribution in [0.4, 0.5) is 0 Å². The summed E-state index contributed by atoms with van der Waals surface area (Å²) in [6.07, 6.45) is 7.85. The van der Waals surface area contributed by atoms with Gasteiger partial charge in [0, 0.05) is 18.9 Å². The Bertz CT molecular complexity index is 814. The normalized spacial score (nSPS) is 17.7. The monoisotopic (exact) mass is 334 g/mol. The summed E-state index contributed by atoms with van der Waals surface area (Å²) in [6.45, 7) is 2.04. The van der Waals surface area contributed by atoms with E-state index >= 15 is 0 Å². The molecule has 0 spiro atoms. The van der Waals surface area contributed by atoms with E-state index in [0.29, 0.717) is 6.04 Å². The van der Waals surface area contributed by atoms with Gasteiger partial charge in [0.2, 0.25) is 0 Å². The van der Waals surface area contributed by atoms with Gasteiger partial charge in [-0.05, 0) is 49.2 Å². The van der Waals surface area contributed by atoms with E-state index in [1.165, 1.54) is 12.0 Å². The second-order valence-electron chi connectivity index (χ2n) is 6.37. The van der Waals surface area contributed by atoms with E-state index in [-0.39, 0.29) is 0 Å². The molecule has 4 rings (SSSR count). The quantitative estimate of drug-likeness (QED) is 0.715. The van der Waals surface area contributed by atoms with Crippen molar-refractivity contribution < 1.29 is 4.74 Å². The summed E-state index contributed by atoms with van der Waals surface area (Å²) in [5.74, 6) is 1.82. The predicted molar refractivity (Wildman–Crippen MR) is 96.7 cm³/mol. The van der Waals surface area contributed by atoms with Gasteiger partial charge in [-0.25, -0.2) is 9.97 Å². The number of hydrogen-bond donors (Lipinski definition) is 0. The van der Waals surface area contributed by atoms with Gasteiger partial charge in [-0.15, -0.1) is 0 Å². The molecule has 0 aliphatic carbocycles. The topological polar surface area (TPSA) is 43.2 Å². The van der Waals surface area contributed by atoms with Crippen LogP contribution in [-0.2, 0) is 6.54 Å². The number of rotatable bonds is 5. The first-order valence-corrected chi connectivity index (χ1v) is 8.66. The van der Waals surface area contributed by atoms with Gasteiger partial charge in [-0.2, -0.15) is 0 Å². The first-order valence-electron chi connectivity index (χ1n) is 8.66. The van der Waals surface area contributed by atoms with Crippen molar-refractivity contribution in [2.24, 2.45) is 0 Å². The third kappa shape index (κ3) is 3.42. The van der Waals surface area contributed by atoms with Crippen molar-refractivity contribution in [2.75, 3.05) is 13.7 Å². The number of imidazole rings is 1. The maximum atomic E-state index is 5.25. The maximum absolute atomic E-state index is 5.25. The van der Waals surface area contributed by atoms with Crippen LogP contribution in [0.2, 0.25) is 0 Å². The largest absolute Gasteiger partial charge is 0.497 e. The van der Waals surface area contributed by atoms with Crippen molar-refractivity contribution in [1.82, 2.24) is 19.4 Å². The number of pyridine rings is 1. The van der Waals surface area contributed by atoms with E-state index in [9.17, 15) is 0 Å². The molecule has 1 fully saturated rings. The average molecular weight is 334 g/mol. The summed E-state index contributed by atoms with van der Waals surface area (Å²) in [6, 6.07) is 14.9. The molecule has 3 aromatic rings. The number of hydrogen-bond acceptors (Lipinski definition) is 4. The van der Waals surface area contributed by atoms with Crippen LogP contribution in [-0.4, -0.2) is 33.1 Å². The highest BCUT2D eigenvalue weighted by molar-refractivity contribution is 5.28. The fraction of sp³-hybridized carbons (Fsp3) is 0.300. The first-order chi connectivity index (χ1) is 12.3. The molecule has 0 radical (unpaired) electrons. The molecule has 25 heavy (non-hydrogen) atoms. The molecule has 0 amide bonds. The molecule has 0 N–H and O–H groups in total. The maximum Gasteiger partial charge on any atom is 0.138 e. The minimum Gasteiger partial charge on any atom is -0.497 e. The fourth-order valence-electron chi connectivity index (χ4n) is 3.48. The van der Waals surface area contributed by atoms with Crippen LogP contribution in [0.25, 0.3) is 5.82 Å². The highest BCUT2D eigenvalue weighted by Gasteiger charge is 2.27. The summed E-state index contributed by atoms with van der Waals surface area (Å²) in [4.78, 5) is 11.5. The number of ether oxygens (including phenoxy) is 1. The molecule has 1 saturated heterocycles. The number of nitrogens with zero attached hydrogens (tertiary/aromatic N) is 4. The molecular weight excluding hydrogens is 312 g/mol. The SMILES string of the molecule is COc1ccc(CN2CCCC2c2cccc(-n3ccnc3)n2)cc1. The molecule has 0 saturated carbocycles. The molecule has 1 atom stereocenters. The highest BCUT2D eigenvalue weighted by Crippen LogP contribution is 2.32. The van der Waals surface area contributed by atoms with E-state index in [1.54, 1.807) is 19.6 Å². The van der Waals surface area contributed by atoms with Crippen molar-refractivity contribution in [3.63, 3.8) is 0 Å². The Hall–Kier alpha value is -2.66. The molecule has 5 heteroatoms. The smallest absolute Gasteiger partial charge is 0.138 e. The lowest BCUT2D eigenvalue weighted by molar-refractivity contribution is 0.244. The minimum atomic E-state index is 0.366. The number of benzene rings is 1. The van der Waals surface area contributed by atoms with Crippen LogP contribution in [0.1, 0.15) is 30.1 Å². The van der Waals surface area contributed by atoms with Crippen molar-refractivity contribution in [1.29, 1.82) is 0 Å². The Morgan fingerprint density at radius 1 is 1.16 bits per heavy atom. The number of aromatic nitrogens is 3. The molecule has 1 aliphatic rings. The second kappa shape index (κ2) is 7.07. The van der Waals surface area contributed by atoms with Gasteiger partial charge in [0.05, 0.1) is 18.8 Å². The fourth-order valence-corrected chi connectivity index (χ4v) is 3.48. The van der Waals surface area contributed by atoms with Crippen molar-refractivity contribution in [3.05, 3.63) is 72.4 Å². The van der Waals surface area contributed by atoms with Crippen LogP contribution in [0.15, 0.2) is 61.2 Å². The zero-order chi connectivity index (χ0) is 17.1. The Kier molecular flexibility index (Phi) is 4.48. The lowest BCUT2D eigenvalue weighted by Crippen LogP contribution is -2.23. The van der Waals surface area contributed by atoms with Gasteiger partial charge in [0.15, 0.2) is 0 Å². The molecule has 1 aliphatic heterocycles. The summed E-state index contributed by atoms with van der Waals surface area (Å²) in [5, 5.41) is 0. The summed E-state index contributed by atoms with van der Waals surface area (Å²) in [5.41, 5.74) is 2.44. The van der Waals surface area contributed by atoms with E-state index in [1.807, 2.05) is 29.0 Å². The predicted octanol–water partition coefficient (Wildman–Crippen LogP) is 3.61. The van der Waals surface area contributed by atoms with E-state index < -0.39 is 0 Å². The van der Waals surface area contributed by atoms with Gasteiger partial charge in [-0.3, -0.25) is 9.47 Å². The van der Waals surface area contributed by atoms with Crippen LogP contribution >= 0.6 is 0 Å². The van der Waals surface area contributed by atoms with E-state index in [2.05, 4.69) is 34.1 Å². The van der Waals surface area contributed by atoms with Crippen LogP contribution in [0.5, 0.6) is 5.75 Å². The summed E-state index contributed by atoms with van der Waals surface area (Å²) in [7, 11) is 1.70.